The molecule has 0 spiro atoms. The van der Waals surface area contributed by atoms with E-state index in [1.54, 1.807) is 6.08 Å². The largest absolute Gasteiger partial charge is 0.466 e. The molecule has 11 heteroatoms. The molecule has 1 aliphatic heterocycles. The molecule has 81 heavy (non-hydrogen) atoms. The highest BCUT2D eigenvalue weighted by atomic mass is 16.7. The molecule has 1 fully saturated rings. The lowest BCUT2D eigenvalue weighted by molar-refractivity contribution is -0.302. The maximum absolute atomic E-state index is 13.0. The van der Waals surface area contributed by atoms with Crippen molar-refractivity contribution in [1.82, 2.24) is 5.32 Å². The second-order valence-corrected chi connectivity index (χ2v) is 25.0. The number of hydrogen-bond acceptors (Lipinski definition) is 10. The van der Waals surface area contributed by atoms with Gasteiger partial charge in [0.1, 0.15) is 24.4 Å². The summed E-state index contributed by atoms with van der Waals surface area (Å²) in [5, 5.41) is 54.3. The van der Waals surface area contributed by atoms with E-state index in [1.165, 1.54) is 283 Å². The Morgan fingerprint density at radius 3 is 1.15 bits per heavy atom. The first-order chi connectivity index (χ1) is 39.7. The molecule has 11 nitrogen and oxygen atoms in total. The Bertz CT molecular complexity index is 1350. The first-order valence-electron chi connectivity index (χ1n) is 35.5. The van der Waals surface area contributed by atoms with Crippen LogP contribution in [0.4, 0.5) is 0 Å². The summed E-state index contributed by atoms with van der Waals surface area (Å²) < 4.78 is 16.7. The Morgan fingerprint density at radius 1 is 0.444 bits per heavy atom. The summed E-state index contributed by atoms with van der Waals surface area (Å²) >= 11 is 0. The zero-order valence-electron chi connectivity index (χ0n) is 53.3. The predicted molar refractivity (Wildman–Crippen MR) is 338 cm³/mol. The van der Waals surface area contributed by atoms with Crippen molar-refractivity contribution in [2.75, 3.05) is 19.8 Å². The van der Waals surface area contributed by atoms with Crippen molar-refractivity contribution in [1.29, 1.82) is 0 Å². The van der Waals surface area contributed by atoms with Gasteiger partial charge in [-0.05, 0) is 32.1 Å². The van der Waals surface area contributed by atoms with Crippen LogP contribution in [-0.2, 0) is 23.8 Å². The summed E-state index contributed by atoms with van der Waals surface area (Å²) in [6.45, 7) is 4.35. The summed E-state index contributed by atoms with van der Waals surface area (Å²) in [7, 11) is 0. The molecule has 1 amide bonds. The van der Waals surface area contributed by atoms with Gasteiger partial charge in [0.2, 0.25) is 5.91 Å². The summed E-state index contributed by atoms with van der Waals surface area (Å²) in [5.74, 6) is -0.162. The fourth-order valence-corrected chi connectivity index (χ4v) is 11.6. The number of carbonyl (C=O) groups excluding carboxylic acids is 2. The van der Waals surface area contributed by atoms with Gasteiger partial charge in [0, 0.05) is 12.8 Å². The molecule has 1 heterocycles. The van der Waals surface area contributed by atoms with Crippen molar-refractivity contribution in [2.45, 2.75) is 403 Å². The van der Waals surface area contributed by atoms with Crippen molar-refractivity contribution in [3.8, 4) is 0 Å². The van der Waals surface area contributed by atoms with E-state index in [0.29, 0.717) is 19.4 Å². The molecule has 0 aliphatic carbocycles. The van der Waals surface area contributed by atoms with Crippen LogP contribution in [0.25, 0.3) is 0 Å². The molecule has 0 aromatic rings. The predicted octanol–water partition coefficient (Wildman–Crippen LogP) is 17.9. The number of aliphatic hydroxyl groups is 5. The average molecular weight is 1150 g/mol. The highest BCUT2D eigenvalue weighted by molar-refractivity contribution is 5.76. The minimum absolute atomic E-state index is 0.0147. The topological polar surface area (TPSA) is 175 Å². The van der Waals surface area contributed by atoms with Crippen LogP contribution in [0.5, 0.6) is 0 Å². The monoisotopic (exact) mass is 1150 g/mol. The molecule has 0 radical (unpaired) electrons. The zero-order chi connectivity index (χ0) is 58.7. The Labute approximate surface area is 499 Å². The Morgan fingerprint density at radius 2 is 0.778 bits per heavy atom. The van der Waals surface area contributed by atoms with Crippen LogP contribution in [-0.4, -0.2) is 100 Å². The second-order valence-electron chi connectivity index (χ2n) is 25.0. The normalized spacial score (nSPS) is 18.2. The summed E-state index contributed by atoms with van der Waals surface area (Å²) in [4.78, 5) is 25.0. The number of amides is 1. The van der Waals surface area contributed by atoms with E-state index in [4.69, 9.17) is 14.2 Å². The molecule has 0 bridgehead atoms. The van der Waals surface area contributed by atoms with Gasteiger partial charge in [-0.3, -0.25) is 9.59 Å². The van der Waals surface area contributed by atoms with Crippen LogP contribution in [0, 0.1) is 0 Å². The Hall–Kier alpha value is -1.60. The van der Waals surface area contributed by atoms with E-state index in [9.17, 15) is 35.1 Å². The van der Waals surface area contributed by atoms with E-state index < -0.39 is 49.5 Å². The maximum Gasteiger partial charge on any atom is 0.305 e. The van der Waals surface area contributed by atoms with Gasteiger partial charge in [-0.15, -0.1) is 0 Å². The summed E-state index contributed by atoms with van der Waals surface area (Å²) in [5.41, 5.74) is 0. The lowest BCUT2D eigenvalue weighted by Gasteiger charge is -2.40. The van der Waals surface area contributed by atoms with Crippen molar-refractivity contribution in [3.05, 3.63) is 12.2 Å². The number of allylic oxidation sites excluding steroid dienone is 1. The average Bonchev–Trinajstić information content (AvgIpc) is 3.46. The van der Waals surface area contributed by atoms with Crippen LogP contribution in [0.2, 0.25) is 0 Å². The lowest BCUT2D eigenvalue weighted by atomic mass is 9.99. The smallest absolute Gasteiger partial charge is 0.305 e. The quantitative estimate of drug-likeness (QED) is 0.0195. The lowest BCUT2D eigenvalue weighted by Crippen LogP contribution is -2.60. The van der Waals surface area contributed by atoms with Gasteiger partial charge in [-0.25, -0.2) is 0 Å². The SMILES string of the molecule is CCCCCCCCC/C=C/C(O)C(COC1OC(CO)C(O)C(O)C1O)NC(=O)CCCCCCCCCCCCCCCCCCCCCCCCCCCCCCCCCCCOC(=O)CCCCCCCCCCCCC. The first-order valence-corrected chi connectivity index (χ1v) is 35.5. The van der Waals surface area contributed by atoms with Gasteiger partial charge in [0.05, 0.1) is 32.0 Å². The molecule has 480 valence electrons. The Balaban J connectivity index is 1.89. The number of unbranched alkanes of at least 4 members (excludes halogenated alkanes) is 49. The van der Waals surface area contributed by atoms with Crippen molar-refractivity contribution < 1.29 is 49.3 Å². The number of esters is 1. The standard InChI is InChI=1S/C70H135NO10/c1-3-5-7-9-11-13-37-42-46-50-54-58-66(75)79-59-55-51-47-43-39-36-34-32-30-28-26-24-22-20-18-16-14-15-17-19-21-23-25-27-29-31-33-35-38-41-45-49-53-57-65(74)71-62(63(73)56-52-48-44-40-12-10-8-6-4-2)61-80-70-69(78)68(77)67(76)64(60-72)81-70/h52,56,62-64,67-70,72-73,76-78H,3-51,53-55,57-61H2,1-2H3,(H,71,74)/b56-52+. The van der Waals surface area contributed by atoms with Crippen LogP contribution < -0.4 is 5.32 Å². The zero-order valence-corrected chi connectivity index (χ0v) is 53.3. The number of aliphatic hydroxyl groups excluding tert-OH is 5. The minimum Gasteiger partial charge on any atom is -0.466 e. The molecule has 1 aliphatic rings. The fourth-order valence-electron chi connectivity index (χ4n) is 11.6. The molecule has 0 aromatic heterocycles. The third-order valence-corrected chi connectivity index (χ3v) is 17.2. The van der Waals surface area contributed by atoms with Crippen LogP contribution in [0.1, 0.15) is 361 Å². The molecular formula is C70H135NO10. The van der Waals surface area contributed by atoms with Crippen LogP contribution in [0.3, 0.4) is 0 Å². The highest BCUT2D eigenvalue weighted by Crippen LogP contribution is 2.23. The summed E-state index contributed by atoms with van der Waals surface area (Å²) in [6.07, 6.45) is 63.8. The van der Waals surface area contributed by atoms with Gasteiger partial charge >= 0.3 is 5.97 Å². The number of nitrogens with one attached hydrogen (secondary N) is 1. The number of hydrogen-bond donors (Lipinski definition) is 6. The van der Waals surface area contributed by atoms with Crippen molar-refractivity contribution in [2.24, 2.45) is 0 Å². The number of ether oxygens (including phenoxy) is 3. The van der Waals surface area contributed by atoms with Gasteiger partial charge < -0.3 is 45.1 Å². The maximum atomic E-state index is 13.0. The molecule has 1 saturated heterocycles. The second kappa shape index (κ2) is 60.1. The molecule has 0 aromatic carbocycles. The fraction of sp³-hybridized carbons (Fsp3) is 0.943. The van der Waals surface area contributed by atoms with Crippen molar-refractivity contribution >= 4 is 11.9 Å². The molecule has 6 N–H and O–H groups in total. The van der Waals surface area contributed by atoms with Crippen LogP contribution >= 0.6 is 0 Å². The highest BCUT2D eigenvalue weighted by Gasteiger charge is 2.44. The minimum atomic E-state index is -1.57. The van der Waals surface area contributed by atoms with Gasteiger partial charge in [-0.2, -0.15) is 0 Å². The van der Waals surface area contributed by atoms with E-state index in [2.05, 4.69) is 19.2 Å². The van der Waals surface area contributed by atoms with Crippen molar-refractivity contribution in [3.63, 3.8) is 0 Å². The molecule has 7 unspecified atom stereocenters. The van der Waals surface area contributed by atoms with E-state index >= 15 is 0 Å². The number of rotatable bonds is 63. The molecule has 7 atom stereocenters. The third-order valence-electron chi connectivity index (χ3n) is 17.2. The number of carbonyl (C=O) groups is 2. The summed E-state index contributed by atoms with van der Waals surface area (Å²) in [6, 6.07) is -0.804. The Kier molecular flexibility index (Phi) is 57.4. The van der Waals surface area contributed by atoms with E-state index in [1.807, 2.05) is 6.08 Å². The third kappa shape index (κ3) is 49.2. The van der Waals surface area contributed by atoms with E-state index in [0.717, 1.165) is 51.4 Å². The van der Waals surface area contributed by atoms with E-state index in [-0.39, 0.29) is 18.5 Å². The molecule has 0 saturated carbocycles. The van der Waals surface area contributed by atoms with Gasteiger partial charge in [0.25, 0.3) is 0 Å². The van der Waals surface area contributed by atoms with Crippen LogP contribution in [0.15, 0.2) is 12.2 Å². The molecular weight excluding hydrogens is 1010 g/mol. The van der Waals surface area contributed by atoms with Gasteiger partial charge in [-0.1, -0.05) is 328 Å². The van der Waals surface area contributed by atoms with Gasteiger partial charge in [0.15, 0.2) is 6.29 Å². The first kappa shape index (κ1) is 77.4. The molecule has 1 rings (SSSR count).